The molecule has 0 radical (unpaired) electrons. The zero-order chi connectivity index (χ0) is 19.1. The third-order valence-corrected chi connectivity index (χ3v) is 8.27. The Morgan fingerprint density at radius 1 is 1.22 bits per heavy atom. The van der Waals surface area contributed by atoms with Crippen molar-refractivity contribution < 1.29 is 18.6 Å². The second-order valence-corrected chi connectivity index (χ2v) is 10.1. The molecule has 3 atom stereocenters. The smallest absolute Gasteiger partial charge is 0.319 e. The summed E-state index contributed by atoms with van der Waals surface area (Å²) in [7, 11) is -3.00. The van der Waals surface area contributed by atoms with E-state index in [0.717, 1.165) is 31.3 Å². The standard InChI is InChI=1S/C22H29O4P/c1-2-26-27(24)14-13-20(15-18-9-5-3-6-10-18)16-21(27)22(23)25-17-19-11-7-4-8-12-19/h3,5-7,9-12,20-21H,2,4,8,13-17H2,1H3. The van der Waals surface area contributed by atoms with Crippen molar-refractivity contribution >= 4 is 13.3 Å². The van der Waals surface area contributed by atoms with Gasteiger partial charge in [0.05, 0.1) is 6.61 Å². The van der Waals surface area contributed by atoms with E-state index in [2.05, 4.69) is 24.3 Å². The van der Waals surface area contributed by atoms with E-state index in [1.54, 1.807) is 0 Å². The summed E-state index contributed by atoms with van der Waals surface area (Å²) >= 11 is 0. The van der Waals surface area contributed by atoms with Crippen LogP contribution in [0.4, 0.5) is 0 Å². The molecule has 2 aliphatic rings. The fraction of sp³-hybridized carbons (Fsp3) is 0.500. The molecule has 5 heteroatoms. The van der Waals surface area contributed by atoms with Gasteiger partial charge in [-0.15, -0.1) is 0 Å². The number of carbonyl (C=O) groups is 1. The maximum absolute atomic E-state index is 13.3. The maximum Gasteiger partial charge on any atom is 0.319 e. The first-order valence-electron chi connectivity index (χ1n) is 9.90. The highest BCUT2D eigenvalue weighted by molar-refractivity contribution is 7.60. The normalized spacial score (nSPS) is 27.8. The number of hydrogen-bond donors (Lipinski definition) is 0. The van der Waals surface area contributed by atoms with Crippen LogP contribution in [0.15, 0.2) is 54.1 Å². The van der Waals surface area contributed by atoms with Gasteiger partial charge in [-0.25, -0.2) is 0 Å². The second kappa shape index (κ2) is 9.52. The number of benzene rings is 1. The lowest BCUT2D eigenvalue weighted by Gasteiger charge is -2.34. The number of hydrogen-bond acceptors (Lipinski definition) is 4. The number of esters is 1. The zero-order valence-corrected chi connectivity index (χ0v) is 16.9. The van der Waals surface area contributed by atoms with E-state index in [1.165, 1.54) is 5.56 Å². The summed E-state index contributed by atoms with van der Waals surface area (Å²) in [4.78, 5) is 12.8. The van der Waals surface area contributed by atoms with Crippen LogP contribution in [0.3, 0.4) is 0 Å². The average molecular weight is 388 g/mol. The molecule has 0 N–H and O–H groups in total. The molecule has 1 aromatic rings. The number of allylic oxidation sites excluding steroid dienone is 2. The van der Waals surface area contributed by atoms with E-state index in [4.69, 9.17) is 9.26 Å². The Hall–Kier alpha value is -1.64. The lowest BCUT2D eigenvalue weighted by atomic mass is 9.92. The van der Waals surface area contributed by atoms with Crippen LogP contribution in [0.2, 0.25) is 0 Å². The van der Waals surface area contributed by atoms with Gasteiger partial charge >= 0.3 is 5.97 Å². The van der Waals surface area contributed by atoms with Crippen LogP contribution in [-0.2, 0) is 25.0 Å². The van der Waals surface area contributed by atoms with Crippen molar-refractivity contribution in [1.82, 2.24) is 0 Å². The Balaban J connectivity index is 1.66. The molecule has 0 spiro atoms. The second-order valence-electron chi connectivity index (χ2n) is 7.33. The molecule has 3 rings (SSSR count). The van der Waals surface area contributed by atoms with Gasteiger partial charge in [-0.05, 0) is 56.1 Å². The molecule has 0 saturated carbocycles. The van der Waals surface area contributed by atoms with Crippen molar-refractivity contribution in [3.05, 3.63) is 59.7 Å². The first kappa shape index (κ1) is 20.1. The van der Waals surface area contributed by atoms with Crippen molar-refractivity contribution in [3.8, 4) is 0 Å². The number of ether oxygens (including phenoxy) is 1. The molecular weight excluding hydrogens is 359 g/mol. The van der Waals surface area contributed by atoms with E-state index in [9.17, 15) is 9.36 Å². The summed E-state index contributed by atoms with van der Waals surface area (Å²) in [6.45, 7) is 2.44. The van der Waals surface area contributed by atoms with Crippen molar-refractivity contribution in [2.45, 2.75) is 44.7 Å². The van der Waals surface area contributed by atoms with Crippen LogP contribution in [0.1, 0.15) is 38.2 Å². The fourth-order valence-corrected chi connectivity index (χ4v) is 6.70. The minimum absolute atomic E-state index is 0.251. The molecule has 4 nitrogen and oxygen atoms in total. The van der Waals surface area contributed by atoms with Gasteiger partial charge in [0.2, 0.25) is 7.37 Å². The van der Waals surface area contributed by atoms with E-state index in [-0.39, 0.29) is 12.6 Å². The van der Waals surface area contributed by atoms with Crippen LogP contribution in [0, 0.1) is 5.92 Å². The van der Waals surface area contributed by atoms with Crippen molar-refractivity contribution in [2.24, 2.45) is 5.92 Å². The third kappa shape index (κ3) is 5.43. The van der Waals surface area contributed by atoms with Gasteiger partial charge < -0.3 is 9.26 Å². The summed E-state index contributed by atoms with van der Waals surface area (Å²) in [6.07, 6.45) is 10.9. The highest BCUT2D eigenvalue weighted by Crippen LogP contribution is 2.58. The maximum atomic E-state index is 13.3. The van der Waals surface area contributed by atoms with Crippen LogP contribution in [-0.4, -0.2) is 31.0 Å². The van der Waals surface area contributed by atoms with E-state index < -0.39 is 13.0 Å². The quantitative estimate of drug-likeness (QED) is 0.479. The fourth-order valence-electron chi connectivity index (χ4n) is 3.90. The molecule has 0 bridgehead atoms. The van der Waals surface area contributed by atoms with Crippen LogP contribution < -0.4 is 0 Å². The summed E-state index contributed by atoms with van der Waals surface area (Å²) < 4.78 is 24.5. The molecule has 0 amide bonds. The first-order chi connectivity index (χ1) is 13.1. The molecule has 27 heavy (non-hydrogen) atoms. The summed E-state index contributed by atoms with van der Waals surface area (Å²) in [5.41, 5.74) is 1.62. The third-order valence-electron chi connectivity index (χ3n) is 5.32. The minimum Gasteiger partial charge on any atom is -0.460 e. The molecule has 0 aromatic heterocycles. The number of carbonyl (C=O) groups excluding carboxylic acids is 1. The Kier molecular flexibility index (Phi) is 7.09. The Morgan fingerprint density at radius 3 is 2.74 bits per heavy atom. The van der Waals surface area contributed by atoms with Crippen molar-refractivity contribution in [2.75, 3.05) is 19.4 Å². The van der Waals surface area contributed by atoms with Crippen LogP contribution in [0.25, 0.3) is 0 Å². The predicted molar refractivity (Wildman–Crippen MR) is 108 cm³/mol. The molecule has 1 aliphatic carbocycles. The molecule has 1 fully saturated rings. The molecule has 1 aromatic carbocycles. The van der Waals surface area contributed by atoms with Gasteiger partial charge in [0.1, 0.15) is 12.3 Å². The Morgan fingerprint density at radius 2 is 2.04 bits per heavy atom. The van der Waals surface area contributed by atoms with Gasteiger partial charge in [0.15, 0.2) is 0 Å². The highest BCUT2D eigenvalue weighted by atomic mass is 31.2. The van der Waals surface area contributed by atoms with Gasteiger partial charge in [-0.1, -0.05) is 48.6 Å². The zero-order valence-electron chi connectivity index (χ0n) is 16.0. The van der Waals surface area contributed by atoms with Gasteiger partial charge in [-0.3, -0.25) is 9.36 Å². The molecule has 1 heterocycles. The van der Waals surface area contributed by atoms with Crippen LogP contribution in [0.5, 0.6) is 0 Å². The highest BCUT2D eigenvalue weighted by Gasteiger charge is 2.45. The molecule has 1 saturated heterocycles. The number of rotatable bonds is 7. The lowest BCUT2D eigenvalue weighted by Crippen LogP contribution is -2.33. The molecule has 1 aliphatic heterocycles. The van der Waals surface area contributed by atoms with E-state index >= 15 is 0 Å². The van der Waals surface area contributed by atoms with Gasteiger partial charge in [-0.2, -0.15) is 0 Å². The van der Waals surface area contributed by atoms with Crippen LogP contribution >= 0.6 is 7.37 Å². The Labute approximate surface area is 162 Å². The molecular formula is C22H29O4P. The Bertz CT molecular complexity index is 738. The summed E-state index contributed by atoms with van der Waals surface area (Å²) in [5.74, 6) is -0.0503. The van der Waals surface area contributed by atoms with Gasteiger partial charge in [0, 0.05) is 6.16 Å². The summed E-state index contributed by atoms with van der Waals surface area (Å²) in [6, 6.07) is 10.3. The van der Waals surface area contributed by atoms with Crippen molar-refractivity contribution in [3.63, 3.8) is 0 Å². The monoisotopic (exact) mass is 388 g/mol. The SMILES string of the molecule is CCOP1(=O)CCC(Cc2ccccc2)CC1C(=O)OCC1=CCCC=C1. The predicted octanol–water partition coefficient (Wildman–Crippen LogP) is 5.14. The first-order valence-corrected chi connectivity index (χ1v) is 11.8. The molecule has 146 valence electrons. The van der Waals surface area contributed by atoms with Crippen molar-refractivity contribution in [1.29, 1.82) is 0 Å². The molecule has 3 unspecified atom stereocenters. The minimum atomic E-state index is -3.00. The van der Waals surface area contributed by atoms with E-state index in [1.807, 2.05) is 31.2 Å². The lowest BCUT2D eigenvalue weighted by molar-refractivity contribution is -0.142. The average Bonchev–Trinajstić information content (AvgIpc) is 2.69. The summed E-state index contributed by atoms with van der Waals surface area (Å²) in [5, 5.41) is 0. The topological polar surface area (TPSA) is 52.6 Å². The largest absolute Gasteiger partial charge is 0.460 e. The van der Waals surface area contributed by atoms with E-state index in [0.29, 0.717) is 25.1 Å². The van der Waals surface area contributed by atoms with Gasteiger partial charge in [0.25, 0.3) is 0 Å².